The van der Waals surface area contributed by atoms with Gasteiger partial charge in [0, 0.05) is 0 Å². The van der Waals surface area contributed by atoms with Gasteiger partial charge in [0.2, 0.25) is 0 Å². The summed E-state index contributed by atoms with van der Waals surface area (Å²) in [6, 6.07) is 9.05. The Kier molecular flexibility index (Phi) is 3.97. The van der Waals surface area contributed by atoms with Crippen LogP contribution in [0.3, 0.4) is 0 Å². The SMILES string of the molecule is CC(C)CONC1CCCc2ccccc21. The molecule has 0 spiro atoms. The summed E-state index contributed by atoms with van der Waals surface area (Å²) in [5, 5.41) is 0. The van der Waals surface area contributed by atoms with E-state index in [4.69, 9.17) is 4.84 Å². The van der Waals surface area contributed by atoms with Crippen molar-refractivity contribution < 1.29 is 4.84 Å². The fraction of sp³-hybridized carbons (Fsp3) is 0.571. The molecule has 2 heteroatoms. The van der Waals surface area contributed by atoms with E-state index >= 15 is 0 Å². The average Bonchev–Trinajstić information content (AvgIpc) is 2.29. The van der Waals surface area contributed by atoms with E-state index < -0.39 is 0 Å². The summed E-state index contributed by atoms with van der Waals surface area (Å²) in [7, 11) is 0. The summed E-state index contributed by atoms with van der Waals surface area (Å²) in [5.41, 5.74) is 6.10. The second-order valence-electron chi connectivity index (χ2n) is 4.97. The molecule has 88 valence electrons. The first-order chi connectivity index (χ1) is 7.77. The third kappa shape index (κ3) is 2.83. The topological polar surface area (TPSA) is 21.3 Å². The molecular formula is C14H21NO. The van der Waals surface area contributed by atoms with Gasteiger partial charge in [0.15, 0.2) is 0 Å². The minimum atomic E-state index is 0.378. The minimum absolute atomic E-state index is 0.378. The number of nitrogens with one attached hydrogen (secondary N) is 1. The molecule has 0 amide bonds. The number of rotatable bonds is 4. The van der Waals surface area contributed by atoms with E-state index in [1.807, 2.05) is 0 Å². The molecule has 0 aliphatic heterocycles. The van der Waals surface area contributed by atoms with Crippen LogP contribution in [0.2, 0.25) is 0 Å². The van der Waals surface area contributed by atoms with Gasteiger partial charge in [-0.25, -0.2) is 0 Å². The molecule has 1 aliphatic carbocycles. The van der Waals surface area contributed by atoms with Crippen LogP contribution in [0.5, 0.6) is 0 Å². The maximum absolute atomic E-state index is 5.54. The molecule has 1 unspecified atom stereocenters. The fourth-order valence-electron chi connectivity index (χ4n) is 2.19. The molecular weight excluding hydrogens is 198 g/mol. The van der Waals surface area contributed by atoms with E-state index in [9.17, 15) is 0 Å². The first-order valence-corrected chi connectivity index (χ1v) is 6.22. The highest BCUT2D eigenvalue weighted by molar-refractivity contribution is 5.31. The van der Waals surface area contributed by atoms with Gasteiger partial charge in [0.05, 0.1) is 12.6 Å². The Hall–Kier alpha value is -0.860. The average molecular weight is 219 g/mol. The number of hydroxylamine groups is 1. The molecule has 1 aliphatic rings. The van der Waals surface area contributed by atoms with E-state index in [0.29, 0.717) is 12.0 Å². The summed E-state index contributed by atoms with van der Waals surface area (Å²) in [6.07, 6.45) is 3.63. The number of aryl methyl sites for hydroxylation is 1. The highest BCUT2D eigenvalue weighted by Crippen LogP contribution is 2.29. The maximum atomic E-state index is 5.54. The predicted octanol–water partition coefficient (Wildman–Crippen LogP) is 3.24. The highest BCUT2D eigenvalue weighted by Gasteiger charge is 2.19. The lowest BCUT2D eigenvalue weighted by Crippen LogP contribution is -2.26. The van der Waals surface area contributed by atoms with Gasteiger partial charge in [-0.3, -0.25) is 0 Å². The van der Waals surface area contributed by atoms with Crippen LogP contribution < -0.4 is 5.48 Å². The maximum Gasteiger partial charge on any atom is 0.0705 e. The third-order valence-corrected chi connectivity index (χ3v) is 3.01. The molecule has 0 radical (unpaired) electrons. The second kappa shape index (κ2) is 5.46. The molecule has 0 fully saturated rings. The molecule has 1 aromatic carbocycles. The van der Waals surface area contributed by atoms with Crippen LogP contribution >= 0.6 is 0 Å². The van der Waals surface area contributed by atoms with Crippen LogP contribution in [0.25, 0.3) is 0 Å². The van der Waals surface area contributed by atoms with Crippen molar-refractivity contribution in [2.75, 3.05) is 6.61 Å². The normalized spacial score (nSPS) is 19.8. The molecule has 1 atom stereocenters. The summed E-state index contributed by atoms with van der Waals surface area (Å²) >= 11 is 0. The fourth-order valence-corrected chi connectivity index (χ4v) is 2.19. The summed E-state index contributed by atoms with van der Waals surface area (Å²) in [5.74, 6) is 0.575. The highest BCUT2D eigenvalue weighted by atomic mass is 16.6. The molecule has 0 saturated carbocycles. The van der Waals surface area contributed by atoms with Crippen LogP contribution in [0.1, 0.15) is 43.9 Å². The molecule has 1 N–H and O–H groups in total. The van der Waals surface area contributed by atoms with Gasteiger partial charge in [-0.15, -0.1) is 0 Å². The Bertz CT molecular complexity index is 335. The Morgan fingerprint density at radius 3 is 3.00 bits per heavy atom. The molecule has 2 nitrogen and oxygen atoms in total. The predicted molar refractivity (Wildman–Crippen MR) is 66.0 cm³/mol. The number of fused-ring (bicyclic) bond motifs is 1. The van der Waals surface area contributed by atoms with Gasteiger partial charge in [0.25, 0.3) is 0 Å². The van der Waals surface area contributed by atoms with Crippen LogP contribution in [0.4, 0.5) is 0 Å². The largest absolute Gasteiger partial charge is 0.301 e. The van der Waals surface area contributed by atoms with Crippen molar-refractivity contribution in [3.63, 3.8) is 0 Å². The van der Waals surface area contributed by atoms with Crippen molar-refractivity contribution in [1.29, 1.82) is 0 Å². The van der Waals surface area contributed by atoms with Crippen molar-refractivity contribution in [2.24, 2.45) is 5.92 Å². The molecule has 0 bridgehead atoms. The second-order valence-corrected chi connectivity index (χ2v) is 4.97. The lowest BCUT2D eigenvalue weighted by atomic mass is 9.88. The van der Waals surface area contributed by atoms with Crippen LogP contribution in [-0.4, -0.2) is 6.61 Å². The Morgan fingerprint density at radius 2 is 2.19 bits per heavy atom. The van der Waals surface area contributed by atoms with Gasteiger partial charge in [-0.1, -0.05) is 38.1 Å². The number of benzene rings is 1. The van der Waals surface area contributed by atoms with Crippen LogP contribution in [0, 0.1) is 5.92 Å². The van der Waals surface area contributed by atoms with Crippen molar-refractivity contribution in [3.8, 4) is 0 Å². The minimum Gasteiger partial charge on any atom is -0.301 e. The monoisotopic (exact) mass is 219 g/mol. The van der Waals surface area contributed by atoms with Gasteiger partial charge in [-0.2, -0.15) is 5.48 Å². The summed E-state index contributed by atoms with van der Waals surface area (Å²) in [4.78, 5) is 5.54. The lowest BCUT2D eigenvalue weighted by molar-refractivity contribution is -0.00332. The zero-order chi connectivity index (χ0) is 11.4. The third-order valence-electron chi connectivity index (χ3n) is 3.01. The van der Waals surface area contributed by atoms with Crippen molar-refractivity contribution in [2.45, 2.75) is 39.2 Å². The smallest absolute Gasteiger partial charge is 0.0705 e. The Labute approximate surface area is 98.0 Å². The quantitative estimate of drug-likeness (QED) is 0.785. The van der Waals surface area contributed by atoms with E-state index in [1.165, 1.54) is 30.4 Å². The first-order valence-electron chi connectivity index (χ1n) is 6.22. The first kappa shape index (κ1) is 11.6. The zero-order valence-electron chi connectivity index (χ0n) is 10.2. The van der Waals surface area contributed by atoms with E-state index in [1.54, 1.807) is 0 Å². The Balaban J connectivity index is 1.96. The van der Waals surface area contributed by atoms with Crippen LogP contribution in [0.15, 0.2) is 24.3 Å². The van der Waals surface area contributed by atoms with Crippen molar-refractivity contribution in [1.82, 2.24) is 5.48 Å². The van der Waals surface area contributed by atoms with Crippen molar-refractivity contribution in [3.05, 3.63) is 35.4 Å². The van der Waals surface area contributed by atoms with E-state index in [0.717, 1.165) is 6.61 Å². The van der Waals surface area contributed by atoms with Gasteiger partial charge in [0.1, 0.15) is 0 Å². The van der Waals surface area contributed by atoms with Crippen LogP contribution in [-0.2, 0) is 11.3 Å². The summed E-state index contributed by atoms with van der Waals surface area (Å²) < 4.78 is 0. The molecule has 16 heavy (non-hydrogen) atoms. The standard InChI is InChI=1S/C14H21NO/c1-11(2)10-16-15-14-9-5-7-12-6-3-4-8-13(12)14/h3-4,6,8,11,14-15H,5,7,9-10H2,1-2H3. The molecule has 0 saturated heterocycles. The number of hydrogen-bond donors (Lipinski definition) is 1. The van der Waals surface area contributed by atoms with Gasteiger partial charge in [-0.05, 0) is 36.3 Å². The van der Waals surface area contributed by atoms with Gasteiger partial charge >= 0.3 is 0 Å². The molecule has 0 heterocycles. The zero-order valence-corrected chi connectivity index (χ0v) is 10.2. The molecule has 2 rings (SSSR count). The van der Waals surface area contributed by atoms with E-state index in [-0.39, 0.29) is 0 Å². The molecule has 0 aromatic heterocycles. The van der Waals surface area contributed by atoms with E-state index in [2.05, 4.69) is 43.6 Å². The summed E-state index contributed by atoms with van der Waals surface area (Å²) in [6.45, 7) is 5.10. The van der Waals surface area contributed by atoms with Gasteiger partial charge < -0.3 is 4.84 Å². The van der Waals surface area contributed by atoms with Crippen molar-refractivity contribution >= 4 is 0 Å². The lowest BCUT2D eigenvalue weighted by Gasteiger charge is -2.26. The number of hydrogen-bond acceptors (Lipinski definition) is 2. The Morgan fingerprint density at radius 1 is 1.38 bits per heavy atom. The molecule has 1 aromatic rings.